The predicted molar refractivity (Wildman–Crippen MR) is 166 cm³/mol. The number of nitro groups is 1. The summed E-state index contributed by atoms with van der Waals surface area (Å²) in [6.07, 6.45) is -0.0458. The highest BCUT2D eigenvalue weighted by molar-refractivity contribution is 6.00. The number of allylic oxidation sites excluding steroid dienone is 2. The molecule has 1 heterocycles. The highest BCUT2D eigenvalue weighted by Crippen LogP contribution is 2.41. The molecule has 0 saturated carbocycles. The van der Waals surface area contributed by atoms with Gasteiger partial charge in [-0.05, 0) is 37.6 Å². The highest BCUT2D eigenvalue weighted by atomic mass is 35.5. The van der Waals surface area contributed by atoms with Crippen molar-refractivity contribution >= 4 is 30.0 Å². The van der Waals surface area contributed by atoms with Gasteiger partial charge in [0.2, 0.25) is 0 Å². The maximum atomic E-state index is 14.1. The Morgan fingerprint density at radius 2 is 1.53 bits per heavy atom. The summed E-state index contributed by atoms with van der Waals surface area (Å²) in [4.78, 5) is 40.3. The first-order valence-electron chi connectivity index (χ1n) is 13.7. The Hall–Kier alpha value is -4.47. The molecule has 0 amide bonds. The van der Waals surface area contributed by atoms with Crippen molar-refractivity contribution in [2.75, 3.05) is 20.7 Å². The van der Waals surface area contributed by atoms with Crippen molar-refractivity contribution in [3.8, 4) is 0 Å². The number of carbonyl (C=O) groups is 2. The molecule has 2 atom stereocenters. The van der Waals surface area contributed by atoms with Gasteiger partial charge in [0.1, 0.15) is 6.10 Å². The molecule has 1 aliphatic rings. The summed E-state index contributed by atoms with van der Waals surface area (Å²) in [5, 5.41) is 14.7. The van der Waals surface area contributed by atoms with E-state index in [1.54, 1.807) is 19.9 Å². The number of benzene rings is 3. The Morgan fingerprint density at radius 3 is 2.14 bits per heavy atom. The maximum Gasteiger partial charge on any atom is 0.337 e. The number of hydrogen-bond donors (Lipinski definition) is 1. The second kappa shape index (κ2) is 15.1. The minimum absolute atomic E-state index is 0. The second-order valence-electron chi connectivity index (χ2n) is 10.3. The van der Waals surface area contributed by atoms with E-state index >= 15 is 0 Å². The van der Waals surface area contributed by atoms with Crippen molar-refractivity contribution in [2.45, 2.75) is 38.8 Å². The third-order valence-electron chi connectivity index (χ3n) is 7.29. The van der Waals surface area contributed by atoms with Crippen LogP contribution < -0.4 is 5.32 Å². The number of hydrogen-bond acceptors (Lipinski definition) is 8. The summed E-state index contributed by atoms with van der Waals surface area (Å²) >= 11 is 0. The van der Waals surface area contributed by atoms with Crippen LogP contribution in [-0.2, 0) is 25.6 Å². The van der Waals surface area contributed by atoms with E-state index in [2.05, 4.69) is 22.3 Å². The third kappa shape index (κ3) is 8.09. The lowest BCUT2D eigenvalue weighted by atomic mass is 9.80. The molecule has 2 unspecified atom stereocenters. The molecule has 0 aromatic heterocycles. The summed E-state index contributed by atoms with van der Waals surface area (Å²) in [6.45, 7) is 4.83. The van der Waals surface area contributed by atoms with Crippen LogP contribution in [0.25, 0.3) is 0 Å². The SMILES string of the molecule is COC(=O)C1=C(C)NC(C)=C(C(=O)OC(CCN(C)Cc2ccccc2)c2ccccc2)C1c1cccc([N+](=O)[O-])c1.Cl. The van der Waals surface area contributed by atoms with E-state index in [4.69, 9.17) is 9.47 Å². The van der Waals surface area contributed by atoms with Gasteiger partial charge in [-0.1, -0.05) is 72.8 Å². The molecule has 3 aromatic carbocycles. The lowest BCUT2D eigenvalue weighted by Crippen LogP contribution is -2.33. The number of esters is 2. The van der Waals surface area contributed by atoms with Gasteiger partial charge >= 0.3 is 11.9 Å². The first-order chi connectivity index (χ1) is 20.2. The van der Waals surface area contributed by atoms with Crippen LogP contribution in [0.2, 0.25) is 0 Å². The molecule has 10 heteroatoms. The molecule has 4 rings (SSSR count). The molecule has 43 heavy (non-hydrogen) atoms. The van der Waals surface area contributed by atoms with Gasteiger partial charge in [0.25, 0.3) is 5.69 Å². The minimum atomic E-state index is -0.928. The fourth-order valence-corrected chi connectivity index (χ4v) is 5.26. The number of carbonyl (C=O) groups excluding carboxylic acids is 2. The summed E-state index contributed by atoms with van der Waals surface area (Å²) in [6, 6.07) is 25.6. The van der Waals surface area contributed by atoms with Crippen molar-refractivity contribution in [1.82, 2.24) is 10.2 Å². The van der Waals surface area contributed by atoms with E-state index in [-0.39, 0.29) is 29.2 Å². The first-order valence-corrected chi connectivity index (χ1v) is 13.7. The van der Waals surface area contributed by atoms with Crippen LogP contribution >= 0.6 is 12.4 Å². The maximum absolute atomic E-state index is 14.1. The van der Waals surface area contributed by atoms with Crippen LogP contribution in [0.5, 0.6) is 0 Å². The van der Waals surface area contributed by atoms with Crippen LogP contribution in [0, 0.1) is 10.1 Å². The molecule has 0 spiro atoms. The molecule has 226 valence electrons. The molecule has 0 bridgehead atoms. The lowest BCUT2D eigenvalue weighted by molar-refractivity contribution is -0.384. The summed E-state index contributed by atoms with van der Waals surface area (Å²) in [7, 11) is 3.27. The van der Waals surface area contributed by atoms with Crippen molar-refractivity contribution in [3.05, 3.63) is 134 Å². The van der Waals surface area contributed by atoms with Gasteiger partial charge in [0.15, 0.2) is 0 Å². The topological polar surface area (TPSA) is 111 Å². The number of non-ortho nitro benzene ring substituents is 1. The average Bonchev–Trinajstić information content (AvgIpc) is 2.99. The van der Waals surface area contributed by atoms with Gasteiger partial charge in [0, 0.05) is 43.0 Å². The van der Waals surface area contributed by atoms with Crippen molar-refractivity contribution in [2.24, 2.45) is 0 Å². The van der Waals surface area contributed by atoms with Gasteiger partial charge in [-0.25, -0.2) is 9.59 Å². The van der Waals surface area contributed by atoms with Crippen molar-refractivity contribution in [1.29, 1.82) is 0 Å². The second-order valence-corrected chi connectivity index (χ2v) is 10.3. The first kappa shape index (κ1) is 33.0. The Morgan fingerprint density at radius 1 is 0.930 bits per heavy atom. The molecular formula is C33H36ClN3O6. The Kier molecular flexibility index (Phi) is 11.6. The number of nitrogens with zero attached hydrogens (tertiary/aromatic N) is 2. The fourth-order valence-electron chi connectivity index (χ4n) is 5.26. The largest absolute Gasteiger partial charge is 0.466 e. The van der Waals surface area contributed by atoms with E-state index in [1.807, 2.05) is 55.6 Å². The molecular weight excluding hydrogens is 570 g/mol. The summed E-state index contributed by atoms with van der Waals surface area (Å²) in [5.41, 5.74) is 3.66. The molecule has 0 saturated heterocycles. The summed E-state index contributed by atoms with van der Waals surface area (Å²) in [5.74, 6) is -2.19. The fraction of sp³-hybridized carbons (Fsp3) is 0.273. The van der Waals surface area contributed by atoms with Crippen LogP contribution in [0.3, 0.4) is 0 Å². The lowest BCUT2D eigenvalue weighted by Gasteiger charge is -2.31. The number of dihydropyridines is 1. The predicted octanol–water partition coefficient (Wildman–Crippen LogP) is 6.23. The molecule has 0 aliphatic carbocycles. The number of nitro benzene ring substituents is 1. The van der Waals surface area contributed by atoms with Crippen LogP contribution in [0.1, 0.15) is 49.0 Å². The van der Waals surface area contributed by atoms with Gasteiger partial charge < -0.3 is 19.7 Å². The van der Waals surface area contributed by atoms with Crippen LogP contribution in [0.4, 0.5) is 5.69 Å². The zero-order chi connectivity index (χ0) is 30.2. The molecule has 3 aromatic rings. The smallest absolute Gasteiger partial charge is 0.337 e. The molecule has 0 radical (unpaired) electrons. The van der Waals surface area contributed by atoms with E-state index < -0.39 is 28.9 Å². The molecule has 0 fully saturated rings. The van der Waals surface area contributed by atoms with Gasteiger partial charge in [-0.15, -0.1) is 12.4 Å². The number of halogens is 1. The van der Waals surface area contributed by atoms with Crippen molar-refractivity contribution in [3.63, 3.8) is 0 Å². The average molecular weight is 606 g/mol. The van der Waals surface area contributed by atoms with E-state index in [0.717, 1.165) is 12.1 Å². The molecule has 1 N–H and O–H groups in total. The van der Waals surface area contributed by atoms with Gasteiger partial charge in [-0.3, -0.25) is 10.1 Å². The Bertz CT molecular complexity index is 1510. The van der Waals surface area contributed by atoms with Gasteiger partial charge in [0.05, 0.1) is 29.1 Å². The normalized spacial score (nSPS) is 15.3. The Balaban J connectivity index is 0.00000506. The van der Waals surface area contributed by atoms with Crippen LogP contribution in [0.15, 0.2) is 107 Å². The van der Waals surface area contributed by atoms with Crippen molar-refractivity contribution < 1.29 is 24.0 Å². The highest BCUT2D eigenvalue weighted by Gasteiger charge is 2.39. The number of nitrogens with one attached hydrogen (secondary N) is 1. The standard InChI is InChI=1S/C33H35N3O6.ClH/c1-22-29(32(37)41-4)31(26-16-11-17-27(20-26)36(39)40)30(23(2)34-22)33(38)42-28(25-14-9-6-10-15-25)18-19-35(3)21-24-12-7-5-8-13-24;/h5-17,20,28,31,34H,18-19,21H2,1-4H3;1H. The number of ether oxygens (including phenoxy) is 2. The number of methoxy groups -OCH3 is 1. The number of rotatable bonds is 11. The zero-order valence-electron chi connectivity index (χ0n) is 24.6. The molecule has 9 nitrogen and oxygen atoms in total. The monoisotopic (exact) mass is 605 g/mol. The Labute approximate surface area is 257 Å². The molecule has 1 aliphatic heterocycles. The summed E-state index contributed by atoms with van der Waals surface area (Å²) < 4.78 is 11.3. The third-order valence-corrected chi connectivity index (χ3v) is 7.29. The van der Waals surface area contributed by atoms with E-state index in [9.17, 15) is 19.7 Å². The zero-order valence-corrected chi connectivity index (χ0v) is 25.4. The van der Waals surface area contributed by atoms with E-state index in [1.165, 1.54) is 30.9 Å². The minimum Gasteiger partial charge on any atom is -0.466 e. The quantitative estimate of drug-likeness (QED) is 0.156. The van der Waals surface area contributed by atoms with Crippen LogP contribution in [-0.4, -0.2) is 42.5 Å². The van der Waals surface area contributed by atoms with Gasteiger partial charge in [-0.2, -0.15) is 0 Å². The van der Waals surface area contributed by atoms with E-state index in [0.29, 0.717) is 29.9 Å².